The van der Waals surface area contributed by atoms with Crippen LogP contribution in [0.3, 0.4) is 0 Å². The number of aromatic nitrogens is 5. The van der Waals surface area contributed by atoms with Gasteiger partial charge in [0.1, 0.15) is 0 Å². The van der Waals surface area contributed by atoms with Crippen LogP contribution in [0, 0.1) is 6.92 Å². The first kappa shape index (κ1) is 14.7. The molecule has 1 N–H and O–H groups in total. The van der Waals surface area contributed by atoms with E-state index in [0.29, 0.717) is 17.9 Å². The first-order valence-corrected chi connectivity index (χ1v) is 7.70. The third kappa shape index (κ3) is 3.16. The van der Waals surface area contributed by atoms with Gasteiger partial charge >= 0.3 is 0 Å². The van der Waals surface area contributed by atoms with E-state index in [2.05, 4.69) is 36.4 Å². The average molecular weight is 363 g/mol. The molecule has 3 rings (SSSR count). The van der Waals surface area contributed by atoms with Gasteiger partial charge in [0.2, 0.25) is 0 Å². The molecule has 0 atom stereocenters. The van der Waals surface area contributed by atoms with Gasteiger partial charge in [-0.25, -0.2) is 9.50 Å². The van der Waals surface area contributed by atoms with E-state index in [4.69, 9.17) is 0 Å². The molecule has 8 heteroatoms. The van der Waals surface area contributed by atoms with Crippen LogP contribution in [0.2, 0.25) is 0 Å². The van der Waals surface area contributed by atoms with Gasteiger partial charge < -0.3 is 5.32 Å². The maximum atomic E-state index is 12.1. The maximum absolute atomic E-state index is 12.1. The Morgan fingerprint density at radius 1 is 1.45 bits per heavy atom. The summed E-state index contributed by atoms with van der Waals surface area (Å²) in [5.41, 5.74) is 2.12. The lowest BCUT2D eigenvalue weighted by Crippen LogP contribution is -2.25. The standard InChI is InChI=1S/C14H15BrN6O/c1-10-3-5-18-20(10)6-2-4-16-14(22)12-7-13-17-8-11(15)9-21(13)19-12/h3,5,7-9H,2,4,6H2,1H3,(H,16,22). The van der Waals surface area contributed by atoms with E-state index in [1.54, 1.807) is 29.2 Å². The van der Waals surface area contributed by atoms with Crippen molar-refractivity contribution in [3.05, 3.63) is 46.6 Å². The van der Waals surface area contributed by atoms with E-state index in [9.17, 15) is 4.79 Å². The van der Waals surface area contributed by atoms with Crippen LogP contribution in [0.5, 0.6) is 0 Å². The smallest absolute Gasteiger partial charge is 0.271 e. The maximum Gasteiger partial charge on any atom is 0.271 e. The lowest BCUT2D eigenvalue weighted by molar-refractivity contribution is 0.0947. The summed E-state index contributed by atoms with van der Waals surface area (Å²) in [5.74, 6) is -0.196. The van der Waals surface area contributed by atoms with Crippen molar-refractivity contribution in [1.29, 1.82) is 0 Å². The number of rotatable bonds is 5. The van der Waals surface area contributed by atoms with Gasteiger partial charge in [-0.05, 0) is 35.3 Å². The molecule has 3 aromatic rings. The number of fused-ring (bicyclic) bond motifs is 1. The molecule has 3 heterocycles. The van der Waals surface area contributed by atoms with Gasteiger partial charge in [-0.1, -0.05) is 0 Å². The first-order valence-electron chi connectivity index (χ1n) is 6.91. The summed E-state index contributed by atoms with van der Waals surface area (Å²) in [6.45, 7) is 3.36. The monoisotopic (exact) mass is 362 g/mol. The zero-order chi connectivity index (χ0) is 15.5. The number of amides is 1. The Balaban J connectivity index is 1.55. The van der Waals surface area contributed by atoms with Crippen LogP contribution >= 0.6 is 15.9 Å². The van der Waals surface area contributed by atoms with Crippen LogP contribution in [0.4, 0.5) is 0 Å². The molecule has 7 nitrogen and oxygen atoms in total. The molecule has 0 spiro atoms. The molecule has 0 aromatic carbocycles. The number of carbonyl (C=O) groups excluding carboxylic acids is 1. The summed E-state index contributed by atoms with van der Waals surface area (Å²) >= 11 is 3.32. The highest BCUT2D eigenvalue weighted by atomic mass is 79.9. The number of nitrogens with one attached hydrogen (secondary N) is 1. The molecule has 0 fully saturated rings. The van der Waals surface area contributed by atoms with Crippen LogP contribution in [-0.4, -0.2) is 36.8 Å². The predicted molar refractivity (Wildman–Crippen MR) is 84.6 cm³/mol. The Bertz CT molecular complexity index is 809. The van der Waals surface area contributed by atoms with Crippen molar-refractivity contribution >= 4 is 27.5 Å². The molecule has 22 heavy (non-hydrogen) atoms. The molecule has 0 aliphatic heterocycles. The summed E-state index contributed by atoms with van der Waals surface area (Å²) in [6.07, 6.45) is 6.02. The fourth-order valence-electron chi connectivity index (χ4n) is 2.12. The van der Waals surface area contributed by atoms with Gasteiger partial charge in [0.25, 0.3) is 5.91 Å². The van der Waals surface area contributed by atoms with Crippen molar-refractivity contribution < 1.29 is 4.79 Å². The molecular weight excluding hydrogens is 348 g/mol. The zero-order valence-electron chi connectivity index (χ0n) is 12.0. The van der Waals surface area contributed by atoms with Crippen LogP contribution in [-0.2, 0) is 6.54 Å². The quantitative estimate of drug-likeness (QED) is 0.702. The van der Waals surface area contributed by atoms with Gasteiger partial charge in [-0.2, -0.15) is 10.2 Å². The van der Waals surface area contributed by atoms with Crippen molar-refractivity contribution in [3.8, 4) is 0 Å². The van der Waals surface area contributed by atoms with Crippen molar-refractivity contribution in [3.63, 3.8) is 0 Å². The lowest BCUT2D eigenvalue weighted by Gasteiger charge is -2.05. The molecule has 0 radical (unpaired) electrons. The molecule has 114 valence electrons. The largest absolute Gasteiger partial charge is 0.351 e. The highest BCUT2D eigenvalue weighted by Crippen LogP contribution is 2.10. The number of nitrogens with zero attached hydrogens (tertiary/aromatic N) is 5. The van der Waals surface area contributed by atoms with Crippen molar-refractivity contribution in [2.45, 2.75) is 19.9 Å². The molecule has 0 unspecified atom stereocenters. The number of hydrogen-bond acceptors (Lipinski definition) is 4. The molecule has 1 amide bonds. The van der Waals surface area contributed by atoms with E-state index in [0.717, 1.165) is 23.1 Å². The summed E-state index contributed by atoms with van der Waals surface area (Å²) in [4.78, 5) is 16.3. The van der Waals surface area contributed by atoms with Crippen molar-refractivity contribution in [2.75, 3.05) is 6.54 Å². The zero-order valence-corrected chi connectivity index (χ0v) is 13.6. The SMILES string of the molecule is Cc1ccnn1CCCNC(=O)c1cc2ncc(Br)cn2n1. The minimum absolute atomic E-state index is 0.196. The second kappa shape index (κ2) is 6.27. The fourth-order valence-corrected chi connectivity index (χ4v) is 2.42. The molecule has 3 aromatic heterocycles. The van der Waals surface area contributed by atoms with E-state index < -0.39 is 0 Å². The first-order chi connectivity index (χ1) is 10.6. The van der Waals surface area contributed by atoms with Gasteiger partial charge in [0.15, 0.2) is 11.3 Å². The summed E-state index contributed by atoms with van der Waals surface area (Å²) < 4.78 is 4.30. The Morgan fingerprint density at radius 3 is 3.09 bits per heavy atom. The number of halogens is 1. The second-order valence-corrected chi connectivity index (χ2v) is 5.83. The highest BCUT2D eigenvalue weighted by Gasteiger charge is 2.11. The number of aryl methyl sites for hydroxylation is 2. The molecule has 0 saturated carbocycles. The summed E-state index contributed by atoms with van der Waals surface area (Å²) in [7, 11) is 0. The number of hydrogen-bond donors (Lipinski definition) is 1. The normalized spacial score (nSPS) is 11.0. The Hall–Kier alpha value is -2.22. The topological polar surface area (TPSA) is 77.1 Å². The Labute approximate surface area is 135 Å². The van der Waals surface area contributed by atoms with Gasteiger partial charge in [-0.3, -0.25) is 9.48 Å². The minimum Gasteiger partial charge on any atom is -0.351 e. The number of carbonyl (C=O) groups is 1. The van der Waals surface area contributed by atoms with Crippen molar-refractivity contribution in [2.24, 2.45) is 0 Å². The van der Waals surface area contributed by atoms with E-state index in [1.807, 2.05) is 17.7 Å². The summed E-state index contributed by atoms with van der Waals surface area (Å²) in [5, 5.41) is 11.3. The second-order valence-electron chi connectivity index (χ2n) is 4.91. The lowest BCUT2D eigenvalue weighted by atomic mass is 10.3. The highest BCUT2D eigenvalue weighted by molar-refractivity contribution is 9.10. The molecule has 0 bridgehead atoms. The van der Waals surface area contributed by atoms with E-state index in [-0.39, 0.29) is 5.91 Å². The molecular formula is C14H15BrN6O. The predicted octanol–water partition coefficient (Wildman–Crippen LogP) is 1.82. The van der Waals surface area contributed by atoms with Crippen LogP contribution < -0.4 is 5.32 Å². The van der Waals surface area contributed by atoms with Crippen LogP contribution in [0.1, 0.15) is 22.6 Å². The Morgan fingerprint density at radius 2 is 2.32 bits per heavy atom. The molecule has 0 saturated heterocycles. The van der Waals surface area contributed by atoms with E-state index in [1.165, 1.54) is 0 Å². The summed E-state index contributed by atoms with van der Waals surface area (Å²) in [6, 6.07) is 3.62. The van der Waals surface area contributed by atoms with Gasteiger partial charge in [0, 0.05) is 43.4 Å². The minimum atomic E-state index is -0.196. The average Bonchev–Trinajstić information content (AvgIpc) is 3.09. The Kier molecular flexibility index (Phi) is 4.19. The fraction of sp³-hybridized carbons (Fsp3) is 0.286. The third-order valence-corrected chi connectivity index (χ3v) is 3.69. The van der Waals surface area contributed by atoms with Crippen molar-refractivity contribution in [1.82, 2.24) is 29.7 Å². The molecule has 0 aliphatic carbocycles. The van der Waals surface area contributed by atoms with Crippen LogP contribution in [0.25, 0.3) is 5.65 Å². The van der Waals surface area contributed by atoms with Crippen LogP contribution in [0.15, 0.2) is 35.2 Å². The van der Waals surface area contributed by atoms with Gasteiger partial charge in [0.05, 0.1) is 4.47 Å². The molecule has 0 aliphatic rings. The van der Waals surface area contributed by atoms with Gasteiger partial charge in [-0.15, -0.1) is 0 Å². The van der Waals surface area contributed by atoms with E-state index >= 15 is 0 Å². The third-order valence-electron chi connectivity index (χ3n) is 3.28.